The average Bonchev–Trinajstić information content (AvgIpc) is 0. The van der Waals surface area contributed by atoms with E-state index in [1.165, 1.54) is 0 Å². The fraction of sp³-hybridized carbons (Fsp3) is 0. The van der Waals surface area contributed by atoms with Gasteiger partial charge in [-0.05, 0) is 0 Å². The fourth-order valence-corrected chi connectivity index (χ4v) is 0. The number of halogens is 1. The van der Waals surface area contributed by atoms with Gasteiger partial charge in [0.2, 0.25) is 0 Å². The van der Waals surface area contributed by atoms with Crippen LogP contribution in [0.4, 0.5) is 0 Å². The van der Waals surface area contributed by atoms with E-state index in [1.807, 2.05) is 0 Å². The Morgan fingerprint density at radius 3 is 1.00 bits per heavy atom. The third kappa shape index (κ3) is 22.8. The van der Waals surface area contributed by atoms with Gasteiger partial charge in [0.05, 0.1) is 0 Å². The number of hydrogen-bond donors (Lipinski definition) is 0. The molecule has 6 heavy (non-hydrogen) atoms. The summed E-state index contributed by atoms with van der Waals surface area (Å²) < 4.78 is 0. The molecule has 0 N–H and O–H groups in total. The molecular weight excluding hydrogens is 193 g/mol. The van der Waals surface area contributed by atoms with Crippen molar-refractivity contribution in [3.8, 4) is 0 Å². The predicted molar refractivity (Wildman–Crippen MR) is 41.4 cm³/mol. The largest absolute Gasteiger partial charge is 0.153 e. The van der Waals surface area contributed by atoms with Crippen LogP contribution in [-0.2, 0) is 0 Å². The second-order valence-electron chi connectivity index (χ2n) is 0. The Morgan fingerprint density at radius 2 is 1.00 bits per heavy atom. The zero-order chi connectivity index (χ0) is 0. The summed E-state index contributed by atoms with van der Waals surface area (Å²) in [5, 5.41) is 0. The minimum atomic E-state index is 0. The molecule has 0 aromatic rings. The first kappa shape index (κ1) is 42.4. The number of rotatable bonds is 0. The van der Waals surface area contributed by atoms with Crippen LogP contribution in [0.25, 0.3) is 0 Å². The van der Waals surface area contributed by atoms with Crippen LogP contribution in [0.1, 0.15) is 0 Å². The van der Waals surface area contributed by atoms with Gasteiger partial charge in [0.1, 0.15) is 0 Å². The van der Waals surface area contributed by atoms with E-state index in [0.717, 1.165) is 0 Å². The quantitative estimate of drug-likeness (QED) is 0.343. The van der Waals surface area contributed by atoms with Crippen molar-refractivity contribution in [3.05, 3.63) is 0 Å². The third-order valence-corrected chi connectivity index (χ3v) is 0. The van der Waals surface area contributed by atoms with E-state index in [9.17, 15) is 0 Å². The Morgan fingerprint density at radius 1 is 1.00 bits per heavy atom. The molecule has 0 fully saturated rings. The zero-order valence-corrected chi connectivity index (χ0v) is 15.5. The molecule has 0 aliphatic heterocycles. The van der Waals surface area contributed by atoms with Crippen molar-refractivity contribution < 1.29 is 0 Å². The summed E-state index contributed by atoms with van der Waals surface area (Å²) in [6, 6.07) is 0. The van der Waals surface area contributed by atoms with Gasteiger partial charge in [0.25, 0.3) is 0 Å². The first-order valence-corrected chi connectivity index (χ1v) is 0. The molecule has 6 heteroatoms. The van der Waals surface area contributed by atoms with Crippen molar-refractivity contribution in [2.24, 2.45) is 0 Å². The minimum absolute atomic E-state index is 0. The molecule has 0 heterocycles. The summed E-state index contributed by atoms with van der Waals surface area (Å²) in [6.07, 6.45) is 0. The molecule has 0 amide bonds. The Bertz CT molecular complexity index is 15.5. The van der Waals surface area contributed by atoms with Crippen LogP contribution in [0.5, 0.6) is 0 Å². The van der Waals surface area contributed by atoms with Crippen LogP contribution in [0.15, 0.2) is 0 Å². The molecule has 0 aromatic carbocycles. The van der Waals surface area contributed by atoms with Gasteiger partial charge in [-0.15, -0.1) is 12.4 Å². The van der Waals surface area contributed by atoms with Gasteiger partial charge in [-0.2, -0.15) is 9.90 Å². The van der Waals surface area contributed by atoms with Crippen molar-refractivity contribution >= 4 is 164 Å². The van der Waals surface area contributed by atoms with Crippen molar-refractivity contribution in [2.45, 2.75) is 0 Å². The molecule has 0 aliphatic carbocycles. The maximum Gasteiger partial charge on any atom is 0 e. The van der Waals surface area contributed by atoms with Crippen molar-refractivity contribution in [3.63, 3.8) is 0 Å². The summed E-state index contributed by atoms with van der Waals surface area (Å²) in [4.78, 5) is 0. The maximum atomic E-state index is 0. The van der Waals surface area contributed by atoms with Gasteiger partial charge in [0, 0.05) is 142 Å². The van der Waals surface area contributed by atoms with E-state index in [1.54, 1.807) is 0 Å². The standard InChI is InChI=1S/Ca.ClH.K.Mg.Na.H3P/h;1H;;;;1H3. The molecule has 0 nitrogen and oxygen atoms in total. The van der Waals surface area contributed by atoms with Gasteiger partial charge in [-0.1, -0.05) is 0 Å². The summed E-state index contributed by atoms with van der Waals surface area (Å²) in [5.41, 5.74) is 0. The van der Waals surface area contributed by atoms with Gasteiger partial charge in [-0.3, -0.25) is 0 Å². The summed E-state index contributed by atoms with van der Waals surface area (Å²) in [5.74, 6) is 0. The number of hydrogen-bond acceptors (Lipinski definition) is 0. The average molecular weight is 197 g/mol. The normalized spacial score (nSPS) is 0. The van der Waals surface area contributed by atoms with E-state index >= 15 is 0 Å². The van der Waals surface area contributed by atoms with Crippen LogP contribution in [0.3, 0.4) is 0 Å². The van der Waals surface area contributed by atoms with Crippen molar-refractivity contribution in [1.82, 2.24) is 0 Å². The third-order valence-electron chi connectivity index (χ3n) is 0. The summed E-state index contributed by atoms with van der Waals surface area (Å²) >= 11 is 0. The Labute approximate surface area is 159 Å². The van der Waals surface area contributed by atoms with Gasteiger partial charge in [-0.25, -0.2) is 0 Å². The van der Waals surface area contributed by atoms with Gasteiger partial charge >= 0.3 is 0 Å². The molecule has 0 rings (SSSR count). The monoisotopic (exact) mass is 196 g/mol. The summed E-state index contributed by atoms with van der Waals surface area (Å²) in [6.45, 7) is 0. The maximum absolute atomic E-state index is 0. The van der Waals surface area contributed by atoms with Crippen LogP contribution in [0.2, 0.25) is 0 Å². The Kier molecular flexibility index (Phi) is 223. The van der Waals surface area contributed by atoms with Gasteiger partial charge < -0.3 is 0 Å². The molecule has 0 aliphatic rings. The molecule has 0 spiro atoms. The van der Waals surface area contributed by atoms with Crippen molar-refractivity contribution in [2.75, 3.05) is 0 Å². The van der Waals surface area contributed by atoms with Crippen LogP contribution >= 0.6 is 22.3 Å². The predicted octanol–water partition coefficient (Wildman–Crippen LogP) is -1.04. The second-order valence-corrected chi connectivity index (χ2v) is 0. The Balaban J connectivity index is 0. The van der Waals surface area contributed by atoms with Crippen LogP contribution in [0, 0.1) is 0 Å². The first-order valence-electron chi connectivity index (χ1n) is 0. The van der Waals surface area contributed by atoms with Crippen LogP contribution < -0.4 is 0 Å². The Hall–Kier alpha value is 5.38. The zero-order valence-electron chi connectivity index (χ0n) is 4.53. The molecule has 0 saturated heterocycles. The van der Waals surface area contributed by atoms with E-state index in [4.69, 9.17) is 0 Å². The van der Waals surface area contributed by atoms with Crippen LogP contribution in [-0.4, -0.2) is 142 Å². The fourth-order valence-electron chi connectivity index (χ4n) is 0. The summed E-state index contributed by atoms with van der Waals surface area (Å²) in [7, 11) is 0. The van der Waals surface area contributed by atoms with E-state index in [0.29, 0.717) is 0 Å². The smallest absolute Gasteiger partial charge is 0 e. The molecule has 0 aromatic heterocycles. The molecule has 0 saturated carbocycles. The molecule has 6 radical (unpaired) electrons. The van der Waals surface area contributed by atoms with E-state index in [-0.39, 0.29) is 164 Å². The minimum Gasteiger partial charge on any atom is -0.153 e. The SMILES string of the molecule is Cl.P.[Ca].[K].[Mg].[Na]. The van der Waals surface area contributed by atoms with Gasteiger partial charge in [0.15, 0.2) is 0 Å². The molecule has 1 unspecified atom stereocenters. The van der Waals surface area contributed by atoms with E-state index < -0.39 is 0 Å². The first-order chi connectivity index (χ1) is 0. The molecular formula is H4CaClKMgNaP. The topological polar surface area (TPSA) is 0 Å². The van der Waals surface area contributed by atoms with E-state index in [2.05, 4.69) is 0 Å². The molecule has 22 valence electrons. The van der Waals surface area contributed by atoms with Crippen molar-refractivity contribution in [1.29, 1.82) is 0 Å². The molecule has 1 atom stereocenters. The second kappa shape index (κ2) is 31.5. The molecule has 0 bridgehead atoms.